The van der Waals surface area contributed by atoms with Crippen molar-refractivity contribution in [2.75, 3.05) is 18.4 Å². The largest absolute Gasteiger partial charge is 0.350 e. The zero-order valence-electron chi connectivity index (χ0n) is 18.6. The molecule has 0 saturated carbocycles. The summed E-state index contributed by atoms with van der Waals surface area (Å²) in [7, 11) is 0. The van der Waals surface area contributed by atoms with Gasteiger partial charge in [0, 0.05) is 30.3 Å². The van der Waals surface area contributed by atoms with E-state index in [4.69, 9.17) is 21.6 Å². The predicted molar refractivity (Wildman–Crippen MR) is 130 cm³/mol. The van der Waals surface area contributed by atoms with Crippen LogP contribution < -0.4 is 10.6 Å². The average molecular weight is 483 g/mol. The lowest BCUT2D eigenvalue weighted by molar-refractivity contribution is 0.339. The second-order valence-electron chi connectivity index (χ2n) is 8.54. The fraction of sp³-hybridized carbons (Fsp3) is 0.320. The third kappa shape index (κ3) is 4.88. The van der Waals surface area contributed by atoms with Gasteiger partial charge in [-0.25, -0.2) is 18.7 Å². The van der Waals surface area contributed by atoms with Crippen molar-refractivity contribution in [1.29, 1.82) is 0 Å². The SMILES string of the molecule is Fc1ccc(CNc2ncc3nc(-c4ccccc4Cl)n(CCC4CCNCC4)c3n2)c(F)c1. The molecule has 6 nitrogen and oxygen atoms in total. The highest BCUT2D eigenvalue weighted by molar-refractivity contribution is 6.33. The first kappa shape index (κ1) is 22.7. The highest BCUT2D eigenvalue weighted by atomic mass is 35.5. The van der Waals surface area contributed by atoms with E-state index in [9.17, 15) is 8.78 Å². The Hall–Kier alpha value is -3.10. The van der Waals surface area contributed by atoms with E-state index in [-0.39, 0.29) is 6.54 Å². The van der Waals surface area contributed by atoms with E-state index < -0.39 is 11.6 Å². The Morgan fingerprint density at radius 3 is 2.71 bits per heavy atom. The molecule has 1 fully saturated rings. The second kappa shape index (κ2) is 10.0. The molecule has 2 N–H and O–H groups in total. The van der Waals surface area contributed by atoms with Crippen LogP contribution in [0.15, 0.2) is 48.7 Å². The number of halogens is 3. The molecule has 0 aliphatic carbocycles. The first-order valence-corrected chi connectivity index (χ1v) is 11.8. The molecule has 0 unspecified atom stereocenters. The molecule has 176 valence electrons. The van der Waals surface area contributed by atoms with Gasteiger partial charge in [-0.1, -0.05) is 29.8 Å². The number of benzene rings is 2. The van der Waals surface area contributed by atoms with Crippen molar-refractivity contribution in [1.82, 2.24) is 24.8 Å². The van der Waals surface area contributed by atoms with Crippen LogP contribution in [0.3, 0.4) is 0 Å². The standard InChI is InChI=1S/C25H25ClF2N6/c26-20-4-2-1-3-19(20)23-32-22-15-31-25(30-14-17-5-6-18(27)13-21(17)28)33-24(22)34(23)12-9-16-7-10-29-11-8-16/h1-6,13,15-16,29H,7-12,14H2,(H,30,31,33). The summed E-state index contributed by atoms with van der Waals surface area (Å²) in [6.45, 7) is 2.98. The quantitative estimate of drug-likeness (QED) is 0.368. The molecular weight excluding hydrogens is 458 g/mol. The van der Waals surface area contributed by atoms with E-state index in [0.29, 0.717) is 33.6 Å². The van der Waals surface area contributed by atoms with Crippen LogP contribution in [0, 0.1) is 17.6 Å². The van der Waals surface area contributed by atoms with Crippen LogP contribution in [0.1, 0.15) is 24.8 Å². The van der Waals surface area contributed by atoms with Gasteiger partial charge in [-0.2, -0.15) is 4.98 Å². The lowest BCUT2D eigenvalue weighted by Crippen LogP contribution is -2.28. The molecule has 0 atom stereocenters. The zero-order valence-corrected chi connectivity index (χ0v) is 19.3. The van der Waals surface area contributed by atoms with Gasteiger partial charge in [0.15, 0.2) is 5.65 Å². The molecule has 0 radical (unpaired) electrons. The normalized spacial score (nSPS) is 14.6. The van der Waals surface area contributed by atoms with Crippen molar-refractivity contribution in [3.63, 3.8) is 0 Å². The number of nitrogens with one attached hydrogen (secondary N) is 2. The first-order chi connectivity index (χ1) is 16.6. The third-order valence-corrected chi connectivity index (χ3v) is 6.60. The summed E-state index contributed by atoms with van der Waals surface area (Å²) >= 11 is 6.51. The lowest BCUT2D eigenvalue weighted by Gasteiger charge is -2.23. The monoisotopic (exact) mass is 482 g/mol. The summed E-state index contributed by atoms with van der Waals surface area (Å²) in [5.41, 5.74) is 2.54. The minimum Gasteiger partial charge on any atom is -0.350 e. The number of piperidine rings is 1. The fourth-order valence-electron chi connectivity index (χ4n) is 4.39. The van der Waals surface area contributed by atoms with Crippen LogP contribution in [0.2, 0.25) is 5.02 Å². The molecule has 0 amide bonds. The van der Waals surface area contributed by atoms with Crippen LogP contribution in [0.4, 0.5) is 14.7 Å². The summed E-state index contributed by atoms with van der Waals surface area (Å²) in [5.74, 6) is 0.527. The molecule has 0 bridgehead atoms. The Morgan fingerprint density at radius 2 is 1.91 bits per heavy atom. The number of nitrogens with zero attached hydrogens (tertiary/aromatic N) is 4. The third-order valence-electron chi connectivity index (χ3n) is 6.27. The minimum atomic E-state index is -0.610. The van der Waals surface area contributed by atoms with E-state index in [2.05, 4.69) is 20.2 Å². The van der Waals surface area contributed by atoms with Crippen molar-refractivity contribution >= 4 is 28.7 Å². The Balaban J connectivity index is 1.46. The molecule has 1 aliphatic heterocycles. The number of rotatable bonds is 7. The molecule has 1 saturated heterocycles. The number of imidazole rings is 1. The van der Waals surface area contributed by atoms with Gasteiger partial charge in [-0.15, -0.1) is 0 Å². The van der Waals surface area contributed by atoms with Crippen molar-refractivity contribution in [3.05, 3.63) is 70.9 Å². The predicted octanol–water partition coefficient (Wildman–Crippen LogP) is 5.43. The molecule has 3 heterocycles. The number of aryl methyl sites for hydroxylation is 1. The van der Waals surface area contributed by atoms with Gasteiger partial charge in [0.1, 0.15) is 23.0 Å². The summed E-state index contributed by atoms with van der Waals surface area (Å²) < 4.78 is 29.3. The highest BCUT2D eigenvalue weighted by Crippen LogP contribution is 2.31. The molecule has 2 aromatic heterocycles. The smallest absolute Gasteiger partial charge is 0.225 e. The summed E-state index contributed by atoms with van der Waals surface area (Å²) in [6.07, 6.45) is 4.98. The van der Waals surface area contributed by atoms with E-state index in [1.807, 2.05) is 24.3 Å². The highest BCUT2D eigenvalue weighted by Gasteiger charge is 2.19. The van der Waals surface area contributed by atoms with E-state index >= 15 is 0 Å². The summed E-state index contributed by atoms with van der Waals surface area (Å²) in [4.78, 5) is 13.9. The van der Waals surface area contributed by atoms with Gasteiger partial charge in [0.05, 0.1) is 11.2 Å². The van der Waals surface area contributed by atoms with E-state index in [1.165, 1.54) is 12.1 Å². The van der Waals surface area contributed by atoms with Gasteiger partial charge in [-0.3, -0.25) is 0 Å². The Morgan fingerprint density at radius 1 is 1.09 bits per heavy atom. The van der Waals surface area contributed by atoms with Crippen molar-refractivity contribution in [3.8, 4) is 11.4 Å². The summed E-state index contributed by atoms with van der Waals surface area (Å²) in [5, 5.41) is 7.08. The average Bonchev–Trinajstić information content (AvgIpc) is 3.20. The van der Waals surface area contributed by atoms with Gasteiger partial charge < -0.3 is 15.2 Å². The van der Waals surface area contributed by atoms with Gasteiger partial charge in [0.25, 0.3) is 0 Å². The zero-order chi connectivity index (χ0) is 23.5. The number of hydrogen-bond donors (Lipinski definition) is 2. The van der Waals surface area contributed by atoms with Gasteiger partial charge in [-0.05, 0) is 56.5 Å². The maximum atomic E-state index is 14.0. The van der Waals surface area contributed by atoms with E-state index in [0.717, 1.165) is 56.4 Å². The second-order valence-corrected chi connectivity index (χ2v) is 8.95. The number of fused-ring (bicyclic) bond motifs is 1. The molecule has 4 aromatic rings. The topological polar surface area (TPSA) is 67.7 Å². The molecule has 9 heteroatoms. The molecular formula is C25H25ClF2N6. The molecule has 0 spiro atoms. The maximum Gasteiger partial charge on any atom is 0.225 e. The lowest BCUT2D eigenvalue weighted by atomic mass is 9.95. The van der Waals surface area contributed by atoms with Crippen LogP contribution in [-0.4, -0.2) is 32.6 Å². The molecule has 34 heavy (non-hydrogen) atoms. The van der Waals surface area contributed by atoms with Crippen LogP contribution in [-0.2, 0) is 13.1 Å². The molecule has 2 aromatic carbocycles. The first-order valence-electron chi connectivity index (χ1n) is 11.4. The Labute approximate surface area is 201 Å². The maximum absolute atomic E-state index is 14.0. The molecule has 1 aliphatic rings. The van der Waals surface area contributed by atoms with Gasteiger partial charge in [0.2, 0.25) is 5.95 Å². The molecule has 5 rings (SSSR count). The van der Waals surface area contributed by atoms with Gasteiger partial charge >= 0.3 is 0 Å². The van der Waals surface area contributed by atoms with Crippen molar-refractivity contribution < 1.29 is 8.78 Å². The Bertz CT molecular complexity index is 1300. The number of anilines is 1. The van der Waals surface area contributed by atoms with E-state index in [1.54, 1.807) is 6.20 Å². The summed E-state index contributed by atoms with van der Waals surface area (Å²) in [6, 6.07) is 11.1. The van der Waals surface area contributed by atoms with Crippen LogP contribution >= 0.6 is 11.6 Å². The van der Waals surface area contributed by atoms with Crippen molar-refractivity contribution in [2.45, 2.75) is 32.4 Å². The fourth-order valence-corrected chi connectivity index (χ4v) is 4.61. The van der Waals surface area contributed by atoms with Crippen LogP contribution in [0.25, 0.3) is 22.6 Å². The minimum absolute atomic E-state index is 0.137. The Kier molecular flexibility index (Phi) is 6.69. The van der Waals surface area contributed by atoms with Crippen LogP contribution in [0.5, 0.6) is 0 Å². The number of aromatic nitrogens is 4. The van der Waals surface area contributed by atoms with Crippen molar-refractivity contribution in [2.24, 2.45) is 5.92 Å². The number of hydrogen-bond acceptors (Lipinski definition) is 5.